The second kappa shape index (κ2) is 8.67. The molecule has 7 nitrogen and oxygen atoms in total. The zero-order valence-corrected chi connectivity index (χ0v) is 26.1. The van der Waals surface area contributed by atoms with E-state index in [1.807, 2.05) is 0 Å². The molecule has 1 aromatic rings. The Morgan fingerprint density at radius 3 is 2.32 bits per heavy atom. The summed E-state index contributed by atoms with van der Waals surface area (Å²) in [5, 5.41) is 34.7. The van der Waals surface area contributed by atoms with Crippen molar-refractivity contribution in [2.75, 3.05) is 0 Å². The van der Waals surface area contributed by atoms with Crippen LogP contribution in [0.5, 0.6) is 6.01 Å². The first kappa shape index (κ1) is 28.5. The fourth-order valence-electron chi connectivity index (χ4n) is 12.7. The number of aliphatic hydroxyl groups is 3. The van der Waals surface area contributed by atoms with Gasteiger partial charge in [-0.3, -0.25) is 0 Å². The van der Waals surface area contributed by atoms with Crippen LogP contribution in [-0.2, 0) is 4.74 Å². The molecule has 1 saturated heterocycles. The molecule has 7 heteroatoms. The second-order valence-corrected chi connectivity index (χ2v) is 16.8. The molecule has 3 N–H and O–H groups in total. The summed E-state index contributed by atoms with van der Waals surface area (Å²) < 4.78 is 13.1. The molecule has 228 valence electrons. The minimum atomic E-state index is -1.18. The monoisotopic (exact) mass is 568 g/mol. The number of ether oxygens (including phenoxy) is 2. The lowest BCUT2D eigenvalue weighted by molar-refractivity contribution is -0.197. The summed E-state index contributed by atoms with van der Waals surface area (Å²) in [6.07, 6.45) is 9.86. The Balaban J connectivity index is 1.21. The van der Waals surface area contributed by atoms with E-state index < -0.39 is 17.8 Å². The number of fused-ring (bicyclic) bond motifs is 4. The smallest absolute Gasteiger partial charge is 0.316 e. The Kier molecular flexibility index (Phi) is 6.02. The number of aromatic nitrogens is 2. The summed E-state index contributed by atoms with van der Waals surface area (Å²) in [4.78, 5) is 8.50. The van der Waals surface area contributed by atoms with E-state index in [0.29, 0.717) is 23.2 Å². The second-order valence-electron chi connectivity index (χ2n) is 16.8. The lowest BCUT2D eigenvalue weighted by Gasteiger charge is -2.63. The predicted molar refractivity (Wildman–Crippen MR) is 155 cm³/mol. The Morgan fingerprint density at radius 1 is 0.976 bits per heavy atom. The maximum absolute atomic E-state index is 12.5. The summed E-state index contributed by atoms with van der Waals surface area (Å²) in [5.74, 6) is 1.59. The van der Waals surface area contributed by atoms with Crippen molar-refractivity contribution in [3.8, 4) is 6.01 Å². The van der Waals surface area contributed by atoms with Gasteiger partial charge in [-0.1, -0.05) is 34.6 Å². The van der Waals surface area contributed by atoms with E-state index in [4.69, 9.17) is 9.47 Å². The quantitative estimate of drug-likeness (QED) is 0.460. The molecular weight excluding hydrogens is 516 g/mol. The van der Waals surface area contributed by atoms with Crippen LogP contribution in [0.3, 0.4) is 0 Å². The number of hydrogen-bond donors (Lipinski definition) is 3. The molecule has 1 aliphatic heterocycles. The van der Waals surface area contributed by atoms with Gasteiger partial charge in [-0.05, 0) is 117 Å². The van der Waals surface area contributed by atoms with Gasteiger partial charge >= 0.3 is 6.01 Å². The van der Waals surface area contributed by atoms with Crippen LogP contribution in [0.25, 0.3) is 0 Å². The largest absolute Gasteiger partial charge is 0.454 e. The van der Waals surface area contributed by atoms with E-state index in [0.717, 1.165) is 38.5 Å². The maximum atomic E-state index is 12.5. The van der Waals surface area contributed by atoms with Gasteiger partial charge in [0.1, 0.15) is 0 Å². The highest BCUT2D eigenvalue weighted by molar-refractivity contribution is 5.32. The molecular formula is C34H52N2O5. The lowest BCUT2D eigenvalue weighted by Crippen LogP contribution is -2.59. The molecule has 6 fully saturated rings. The number of hydrogen-bond acceptors (Lipinski definition) is 7. The zero-order chi connectivity index (χ0) is 29.4. The molecule has 7 rings (SSSR count). The minimum absolute atomic E-state index is 0.0225. The predicted octanol–water partition coefficient (Wildman–Crippen LogP) is 5.17. The first-order chi connectivity index (χ1) is 19.1. The molecule has 1 unspecified atom stereocenters. The van der Waals surface area contributed by atoms with Crippen LogP contribution in [0.1, 0.15) is 99.8 Å². The summed E-state index contributed by atoms with van der Waals surface area (Å²) in [7, 11) is 0. The van der Waals surface area contributed by atoms with Gasteiger partial charge in [-0.25, -0.2) is 9.97 Å². The average molecular weight is 569 g/mol. The fourth-order valence-corrected chi connectivity index (χ4v) is 12.7. The van der Waals surface area contributed by atoms with E-state index >= 15 is 0 Å². The zero-order valence-electron chi connectivity index (χ0n) is 26.1. The van der Waals surface area contributed by atoms with Gasteiger partial charge in [0.15, 0.2) is 6.10 Å². The van der Waals surface area contributed by atoms with Crippen LogP contribution in [0.4, 0.5) is 0 Å². The molecule has 41 heavy (non-hydrogen) atoms. The van der Waals surface area contributed by atoms with Crippen molar-refractivity contribution in [1.29, 1.82) is 0 Å². The molecule has 6 aliphatic rings. The van der Waals surface area contributed by atoms with Crippen LogP contribution in [0.2, 0.25) is 0 Å². The summed E-state index contributed by atoms with van der Waals surface area (Å²) in [6.45, 7) is 15.3. The van der Waals surface area contributed by atoms with E-state index in [2.05, 4.69) is 44.6 Å². The Bertz CT molecular complexity index is 1190. The van der Waals surface area contributed by atoms with Gasteiger partial charge in [0.25, 0.3) is 0 Å². The Hall–Kier alpha value is -1.28. The molecule has 13 atom stereocenters. The highest BCUT2D eigenvalue weighted by atomic mass is 16.6. The standard InChI is InChI=1S/C34H52N2O5/c1-19-17-20(27(30(4,5)39)41-28-35-15-8-16-36-28)40-25-24(19)31(6)13-14-34-18-33(34)12-11-23(37)29(2,3)21(33)9-10-22(34)32(31,7)26(25)38/h8,15-16,19-27,37-39H,9-14,17-18H2,1-7H3/t19-,20-,21+,22+,23+,24-,25+,26+,27+,31-,32-,33?,34+/m1/s1. The van der Waals surface area contributed by atoms with E-state index in [1.165, 1.54) is 12.8 Å². The first-order valence-corrected chi connectivity index (χ1v) is 16.3. The Labute approximate surface area is 245 Å². The normalized spacial score (nSPS) is 52.2. The molecule has 1 aromatic heterocycles. The first-order valence-electron chi connectivity index (χ1n) is 16.3. The maximum Gasteiger partial charge on any atom is 0.316 e. The third-order valence-corrected chi connectivity index (χ3v) is 14.6. The number of nitrogens with zero attached hydrogens (tertiary/aromatic N) is 2. The molecule has 0 bridgehead atoms. The van der Waals surface area contributed by atoms with Crippen LogP contribution >= 0.6 is 0 Å². The summed E-state index contributed by atoms with van der Waals surface area (Å²) in [6, 6.07) is 1.98. The molecule has 0 radical (unpaired) electrons. The molecule has 0 amide bonds. The highest BCUT2D eigenvalue weighted by Crippen LogP contribution is 2.89. The highest BCUT2D eigenvalue weighted by Gasteiger charge is 2.84. The SMILES string of the molecule is C[C@@H]1C[C@H]([C@H](Oc2ncccn2)C(C)(C)O)O[C@H]2[C@@H]1[C@@]1(C)CC[C@@]34CC35CC[C@H](O)C(C)(C)[C@@H]5CC[C@H]4[C@]1(C)[C@H]2O. The van der Waals surface area contributed by atoms with Gasteiger partial charge in [-0.15, -0.1) is 0 Å². The average Bonchev–Trinajstić information content (AvgIpc) is 3.54. The van der Waals surface area contributed by atoms with Gasteiger partial charge < -0.3 is 24.8 Å². The van der Waals surface area contributed by atoms with Crippen molar-refractivity contribution in [3.05, 3.63) is 18.5 Å². The lowest BCUT2D eigenvalue weighted by atomic mass is 9.41. The summed E-state index contributed by atoms with van der Waals surface area (Å²) >= 11 is 0. The fraction of sp³-hybridized carbons (Fsp3) is 0.882. The van der Waals surface area contributed by atoms with Crippen LogP contribution in [-0.4, -0.2) is 61.4 Å². The van der Waals surface area contributed by atoms with Crippen molar-refractivity contribution >= 4 is 0 Å². The van der Waals surface area contributed by atoms with Gasteiger partial charge in [0.05, 0.1) is 30.0 Å². The molecule has 5 saturated carbocycles. The van der Waals surface area contributed by atoms with Crippen molar-refractivity contribution in [2.24, 2.45) is 50.7 Å². The van der Waals surface area contributed by atoms with Gasteiger partial charge in [-0.2, -0.15) is 0 Å². The number of rotatable bonds is 4. The van der Waals surface area contributed by atoms with Gasteiger partial charge in [0.2, 0.25) is 0 Å². The third-order valence-electron chi connectivity index (χ3n) is 14.6. The van der Waals surface area contributed by atoms with Crippen LogP contribution < -0.4 is 4.74 Å². The van der Waals surface area contributed by atoms with E-state index in [-0.39, 0.29) is 51.9 Å². The van der Waals surface area contributed by atoms with Gasteiger partial charge in [0, 0.05) is 17.8 Å². The third kappa shape index (κ3) is 3.47. The van der Waals surface area contributed by atoms with E-state index in [1.54, 1.807) is 32.3 Å². The molecule has 5 aliphatic carbocycles. The van der Waals surface area contributed by atoms with Crippen LogP contribution in [0.15, 0.2) is 18.5 Å². The van der Waals surface area contributed by atoms with Crippen LogP contribution in [0, 0.1) is 50.7 Å². The molecule has 2 heterocycles. The van der Waals surface area contributed by atoms with Crippen molar-refractivity contribution in [3.63, 3.8) is 0 Å². The molecule has 0 aromatic carbocycles. The topological polar surface area (TPSA) is 105 Å². The molecule has 2 spiro atoms. The Morgan fingerprint density at radius 2 is 1.63 bits per heavy atom. The number of aliphatic hydroxyl groups excluding tert-OH is 2. The minimum Gasteiger partial charge on any atom is -0.454 e. The summed E-state index contributed by atoms with van der Waals surface area (Å²) in [5.41, 5.74) is -0.891. The van der Waals surface area contributed by atoms with E-state index in [9.17, 15) is 15.3 Å². The van der Waals surface area contributed by atoms with Crippen molar-refractivity contribution in [2.45, 2.75) is 136 Å². The van der Waals surface area contributed by atoms with Crippen molar-refractivity contribution < 1.29 is 24.8 Å². The van der Waals surface area contributed by atoms with Crippen molar-refractivity contribution in [1.82, 2.24) is 9.97 Å².